The van der Waals surface area contributed by atoms with Crippen molar-refractivity contribution in [2.75, 3.05) is 26.2 Å². The first-order chi connectivity index (χ1) is 8.43. The van der Waals surface area contributed by atoms with Crippen LogP contribution in [0.1, 0.15) is 34.2 Å². The van der Waals surface area contributed by atoms with Crippen LogP contribution in [0, 0.1) is 6.92 Å². The second-order valence-corrected chi connectivity index (χ2v) is 6.03. The van der Waals surface area contributed by atoms with Crippen LogP contribution in [-0.2, 0) is 5.54 Å². The molecule has 0 spiro atoms. The van der Waals surface area contributed by atoms with Crippen molar-refractivity contribution in [1.29, 1.82) is 0 Å². The van der Waals surface area contributed by atoms with E-state index >= 15 is 0 Å². The van der Waals surface area contributed by atoms with E-state index in [1.807, 2.05) is 0 Å². The van der Waals surface area contributed by atoms with Gasteiger partial charge in [0, 0.05) is 26.2 Å². The van der Waals surface area contributed by atoms with Gasteiger partial charge in [-0.25, -0.2) is 9.78 Å². The molecule has 1 aromatic rings. The number of carboxylic acid groups (broad SMARTS) is 1. The molecule has 0 saturated carbocycles. The Bertz CT molecular complexity index is 450. The topological polar surface area (TPSA) is 65.5 Å². The Morgan fingerprint density at radius 3 is 2.56 bits per heavy atom. The quantitative estimate of drug-likeness (QED) is 0.865. The number of carboxylic acids is 1. The van der Waals surface area contributed by atoms with Gasteiger partial charge >= 0.3 is 5.97 Å². The number of piperazine rings is 1. The van der Waals surface area contributed by atoms with Gasteiger partial charge < -0.3 is 10.4 Å². The molecule has 100 valence electrons. The zero-order chi connectivity index (χ0) is 13.3. The number of rotatable bonds is 3. The zero-order valence-corrected chi connectivity index (χ0v) is 11.8. The average Bonchev–Trinajstić information content (AvgIpc) is 2.73. The lowest BCUT2D eigenvalue weighted by atomic mass is 10.0. The summed E-state index contributed by atoms with van der Waals surface area (Å²) in [7, 11) is 0. The van der Waals surface area contributed by atoms with Crippen molar-refractivity contribution >= 4 is 17.3 Å². The molecule has 0 aromatic carbocycles. The molecular formula is C12H19N3O2S. The van der Waals surface area contributed by atoms with Gasteiger partial charge in [0.25, 0.3) is 0 Å². The highest BCUT2D eigenvalue weighted by atomic mass is 32.1. The first-order valence-corrected chi connectivity index (χ1v) is 6.91. The molecule has 0 radical (unpaired) electrons. The van der Waals surface area contributed by atoms with Gasteiger partial charge in [-0.3, -0.25) is 4.90 Å². The highest BCUT2D eigenvalue weighted by Crippen LogP contribution is 2.32. The van der Waals surface area contributed by atoms with Crippen molar-refractivity contribution in [3.05, 3.63) is 15.6 Å². The molecule has 6 heteroatoms. The smallest absolute Gasteiger partial charge is 0.347 e. The largest absolute Gasteiger partial charge is 0.477 e. The monoisotopic (exact) mass is 269 g/mol. The van der Waals surface area contributed by atoms with Crippen LogP contribution in [0.25, 0.3) is 0 Å². The van der Waals surface area contributed by atoms with Crippen molar-refractivity contribution in [2.24, 2.45) is 0 Å². The van der Waals surface area contributed by atoms with E-state index in [0.717, 1.165) is 31.2 Å². The van der Waals surface area contributed by atoms with Gasteiger partial charge in [-0.1, -0.05) is 0 Å². The summed E-state index contributed by atoms with van der Waals surface area (Å²) in [5.74, 6) is -0.882. The van der Waals surface area contributed by atoms with Crippen LogP contribution in [0.5, 0.6) is 0 Å². The van der Waals surface area contributed by atoms with Crippen molar-refractivity contribution in [2.45, 2.75) is 26.3 Å². The van der Waals surface area contributed by atoms with E-state index in [0.29, 0.717) is 10.6 Å². The summed E-state index contributed by atoms with van der Waals surface area (Å²) < 4.78 is 0. The summed E-state index contributed by atoms with van der Waals surface area (Å²) in [6.45, 7) is 9.86. The Morgan fingerprint density at radius 2 is 2.06 bits per heavy atom. The minimum Gasteiger partial charge on any atom is -0.477 e. The van der Waals surface area contributed by atoms with Gasteiger partial charge in [0.2, 0.25) is 0 Å². The van der Waals surface area contributed by atoms with Gasteiger partial charge in [-0.2, -0.15) is 0 Å². The molecular weight excluding hydrogens is 250 g/mol. The average molecular weight is 269 g/mol. The Labute approximate surface area is 111 Å². The lowest BCUT2D eigenvalue weighted by Crippen LogP contribution is -2.51. The van der Waals surface area contributed by atoms with Crippen LogP contribution >= 0.6 is 11.3 Å². The predicted octanol–water partition coefficient (Wildman–Crippen LogP) is 1.29. The molecule has 1 aromatic heterocycles. The Kier molecular flexibility index (Phi) is 3.70. The molecule has 1 saturated heterocycles. The summed E-state index contributed by atoms with van der Waals surface area (Å²) in [5.41, 5.74) is 0.413. The number of nitrogens with one attached hydrogen (secondary N) is 1. The number of aryl methyl sites for hydroxylation is 1. The van der Waals surface area contributed by atoms with E-state index in [9.17, 15) is 4.79 Å². The maximum absolute atomic E-state index is 11.1. The molecule has 1 fully saturated rings. The Morgan fingerprint density at radius 1 is 1.44 bits per heavy atom. The van der Waals surface area contributed by atoms with Gasteiger partial charge in [-0.05, 0) is 20.8 Å². The van der Waals surface area contributed by atoms with Gasteiger partial charge in [-0.15, -0.1) is 11.3 Å². The molecule has 0 amide bonds. The lowest BCUT2D eigenvalue weighted by molar-refractivity contribution is 0.0701. The number of thiazole rings is 1. The van der Waals surface area contributed by atoms with Gasteiger partial charge in [0.05, 0.1) is 11.2 Å². The fourth-order valence-corrected chi connectivity index (χ4v) is 3.25. The van der Waals surface area contributed by atoms with Crippen molar-refractivity contribution in [1.82, 2.24) is 15.2 Å². The van der Waals surface area contributed by atoms with Crippen LogP contribution in [0.4, 0.5) is 0 Å². The second kappa shape index (κ2) is 4.95. The van der Waals surface area contributed by atoms with E-state index in [2.05, 4.69) is 29.0 Å². The van der Waals surface area contributed by atoms with E-state index < -0.39 is 5.97 Å². The van der Waals surface area contributed by atoms with Crippen molar-refractivity contribution in [3.8, 4) is 0 Å². The second-order valence-electron chi connectivity index (χ2n) is 5.03. The minimum absolute atomic E-state index is 0.203. The Balaban J connectivity index is 2.28. The number of hydrogen-bond donors (Lipinski definition) is 2. The van der Waals surface area contributed by atoms with Crippen LogP contribution in [0.3, 0.4) is 0 Å². The van der Waals surface area contributed by atoms with Crippen LogP contribution in [-0.4, -0.2) is 47.1 Å². The van der Waals surface area contributed by atoms with E-state index in [1.54, 1.807) is 6.92 Å². The summed E-state index contributed by atoms with van der Waals surface area (Å²) in [5, 5.41) is 13.3. The maximum Gasteiger partial charge on any atom is 0.347 e. The summed E-state index contributed by atoms with van der Waals surface area (Å²) in [6, 6.07) is 0. The van der Waals surface area contributed by atoms with E-state index in [1.165, 1.54) is 11.3 Å². The van der Waals surface area contributed by atoms with E-state index in [4.69, 9.17) is 5.11 Å². The molecule has 2 N–H and O–H groups in total. The van der Waals surface area contributed by atoms with Crippen molar-refractivity contribution < 1.29 is 9.90 Å². The molecule has 1 aliphatic rings. The normalized spacial score (nSPS) is 17.9. The standard InChI is InChI=1S/C12H19N3O2S/c1-8-9(10(16)17)18-11(14-8)12(2,3)15-6-4-13-5-7-15/h13H,4-7H2,1-3H3,(H,16,17). The van der Waals surface area contributed by atoms with Gasteiger partial charge in [0.15, 0.2) is 0 Å². The number of aromatic nitrogens is 1. The summed E-state index contributed by atoms with van der Waals surface area (Å²) in [4.78, 5) is 18.2. The fraction of sp³-hybridized carbons (Fsp3) is 0.667. The number of carbonyl (C=O) groups is 1. The molecule has 5 nitrogen and oxygen atoms in total. The zero-order valence-electron chi connectivity index (χ0n) is 11.0. The molecule has 0 unspecified atom stereocenters. The molecule has 0 bridgehead atoms. The van der Waals surface area contributed by atoms with Crippen LogP contribution in [0.15, 0.2) is 0 Å². The minimum atomic E-state index is -0.882. The first-order valence-electron chi connectivity index (χ1n) is 6.10. The third-order valence-electron chi connectivity index (χ3n) is 3.42. The van der Waals surface area contributed by atoms with Gasteiger partial charge in [0.1, 0.15) is 9.88 Å². The number of nitrogens with zero attached hydrogens (tertiary/aromatic N) is 2. The molecule has 2 rings (SSSR count). The third kappa shape index (κ3) is 2.41. The highest BCUT2D eigenvalue weighted by Gasteiger charge is 2.33. The Hall–Kier alpha value is -0.980. The van der Waals surface area contributed by atoms with Crippen LogP contribution in [0.2, 0.25) is 0 Å². The number of aromatic carboxylic acids is 1. The van der Waals surface area contributed by atoms with E-state index in [-0.39, 0.29) is 5.54 Å². The predicted molar refractivity (Wildman–Crippen MR) is 71.3 cm³/mol. The summed E-state index contributed by atoms with van der Waals surface area (Å²) >= 11 is 1.30. The molecule has 0 atom stereocenters. The third-order valence-corrected chi connectivity index (χ3v) is 4.88. The SMILES string of the molecule is Cc1nc(C(C)(C)N2CCNCC2)sc1C(=O)O. The molecule has 18 heavy (non-hydrogen) atoms. The number of hydrogen-bond acceptors (Lipinski definition) is 5. The molecule has 2 heterocycles. The lowest BCUT2D eigenvalue weighted by Gasteiger charge is -2.39. The molecule has 1 aliphatic heterocycles. The van der Waals surface area contributed by atoms with Crippen molar-refractivity contribution in [3.63, 3.8) is 0 Å². The van der Waals surface area contributed by atoms with Crippen LogP contribution < -0.4 is 5.32 Å². The molecule has 0 aliphatic carbocycles. The highest BCUT2D eigenvalue weighted by molar-refractivity contribution is 7.13. The summed E-state index contributed by atoms with van der Waals surface area (Å²) in [6.07, 6.45) is 0. The fourth-order valence-electron chi connectivity index (χ4n) is 2.22. The first kappa shape index (κ1) is 13.5. The maximum atomic E-state index is 11.1.